The maximum absolute atomic E-state index is 12.7. The van der Waals surface area contributed by atoms with Crippen LogP contribution in [0.4, 0.5) is 0 Å². The van der Waals surface area contributed by atoms with Crippen LogP contribution in [0.1, 0.15) is 34.9 Å². The van der Waals surface area contributed by atoms with Gasteiger partial charge in [-0.25, -0.2) is 0 Å². The molecule has 2 aromatic heterocycles. The summed E-state index contributed by atoms with van der Waals surface area (Å²) in [6.45, 7) is 1.34. The van der Waals surface area contributed by atoms with Gasteiger partial charge in [0.15, 0.2) is 5.65 Å². The Hall–Kier alpha value is -2.11. The van der Waals surface area contributed by atoms with Gasteiger partial charge in [-0.05, 0) is 43.2 Å². The van der Waals surface area contributed by atoms with Crippen LogP contribution in [0.15, 0.2) is 42.6 Å². The highest BCUT2D eigenvalue weighted by atomic mass is 35.5. The van der Waals surface area contributed by atoms with Crippen LogP contribution in [-0.2, 0) is 0 Å². The standard InChI is InChI=1S/C18H16Cl2N4O/c19-13-4-5-14(15(20)11-13)18(25)23-9-6-12(7-10-23)17-22-21-16-3-1-2-8-24(16)17/h1-5,8,11-12H,6-7,9-10H2. The van der Waals surface area contributed by atoms with Crippen LogP contribution in [0.3, 0.4) is 0 Å². The minimum atomic E-state index is -0.0498. The van der Waals surface area contributed by atoms with Gasteiger partial charge in [-0.15, -0.1) is 10.2 Å². The highest BCUT2D eigenvalue weighted by Gasteiger charge is 2.28. The molecule has 0 spiro atoms. The zero-order valence-electron chi connectivity index (χ0n) is 13.4. The Balaban J connectivity index is 1.49. The van der Waals surface area contributed by atoms with E-state index >= 15 is 0 Å². The largest absolute Gasteiger partial charge is 0.339 e. The number of piperidine rings is 1. The molecule has 0 N–H and O–H groups in total. The second-order valence-corrected chi connectivity index (χ2v) is 7.02. The fourth-order valence-electron chi connectivity index (χ4n) is 3.31. The Labute approximate surface area is 155 Å². The fourth-order valence-corrected chi connectivity index (χ4v) is 3.80. The Morgan fingerprint density at radius 2 is 1.88 bits per heavy atom. The first-order chi connectivity index (χ1) is 12.1. The van der Waals surface area contributed by atoms with Gasteiger partial charge >= 0.3 is 0 Å². The molecule has 0 atom stereocenters. The van der Waals surface area contributed by atoms with E-state index in [4.69, 9.17) is 23.2 Å². The molecule has 1 amide bonds. The SMILES string of the molecule is O=C(c1ccc(Cl)cc1Cl)N1CCC(c2nnc3ccccn23)CC1. The average Bonchev–Trinajstić information content (AvgIpc) is 3.05. The number of pyridine rings is 1. The van der Waals surface area contributed by atoms with Gasteiger partial charge in [0.25, 0.3) is 5.91 Å². The quantitative estimate of drug-likeness (QED) is 0.679. The number of carbonyl (C=O) groups is 1. The molecule has 7 heteroatoms. The van der Waals surface area contributed by atoms with Crippen molar-refractivity contribution in [2.45, 2.75) is 18.8 Å². The van der Waals surface area contributed by atoms with Crippen molar-refractivity contribution in [3.05, 3.63) is 64.0 Å². The van der Waals surface area contributed by atoms with Crippen molar-refractivity contribution in [3.63, 3.8) is 0 Å². The lowest BCUT2D eigenvalue weighted by atomic mass is 9.95. The number of halogens is 2. The monoisotopic (exact) mass is 374 g/mol. The Bertz CT molecular complexity index is 932. The van der Waals surface area contributed by atoms with E-state index in [-0.39, 0.29) is 5.91 Å². The number of carbonyl (C=O) groups excluding carboxylic acids is 1. The van der Waals surface area contributed by atoms with Crippen LogP contribution in [0.2, 0.25) is 10.0 Å². The van der Waals surface area contributed by atoms with Crippen LogP contribution in [-0.4, -0.2) is 38.5 Å². The molecule has 0 unspecified atom stereocenters. The molecule has 1 aliphatic heterocycles. The first kappa shape index (κ1) is 16.4. The normalized spacial score (nSPS) is 15.7. The Morgan fingerprint density at radius 3 is 2.64 bits per heavy atom. The molecular formula is C18H16Cl2N4O. The van der Waals surface area contributed by atoms with E-state index in [9.17, 15) is 4.79 Å². The molecule has 1 saturated heterocycles. The molecule has 1 fully saturated rings. The summed E-state index contributed by atoms with van der Waals surface area (Å²) in [5.74, 6) is 1.21. The molecule has 4 rings (SSSR count). The number of amides is 1. The van der Waals surface area contributed by atoms with E-state index in [1.165, 1.54) is 0 Å². The van der Waals surface area contributed by atoms with Crippen molar-refractivity contribution in [3.8, 4) is 0 Å². The van der Waals surface area contributed by atoms with Crippen LogP contribution in [0, 0.1) is 0 Å². The van der Waals surface area contributed by atoms with Crippen LogP contribution >= 0.6 is 23.2 Å². The number of rotatable bonds is 2. The molecule has 5 nitrogen and oxygen atoms in total. The highest BCUT2D eigenvalue weighted by Crippen LogP contribution is 2.29. The molecular weight excluding hydrogens is 359 g/mol. The molecule has 0 radical (unpaired) electrons. The highest BCUT2D eigenvalue weighted by molar-refractivity contribution is 6.36. The second kappa shape index (κ2) is 6.65. The number of aromatic nitrogens is 3. The summed E-state index contributed by atoms with van der Waals surface area (Å²) < 4.78 is 2.03. The van der Waals surface area contributed by atoms with Gasteiger partial charge < -0.3 is 4.90 Å². The smallest absolute Gasteiger partial charge is 0.255 e. The summed E-state index contributed by atoms with van der Waals surface area (Å²) in [5.41, 5.74) is 1.35. The first-order valence-electron chi connectivity index (χ1n) is 8.17. The molecule has 1 aromatic carbocycles. The summed E-state index contributed by atoms with van der Waals surface area (Å²) >= 11 is 12.1. The first-order valence-corrected chi connectivity index (χ1v) is 8.93. The van der Waals surface area contributed by atoms with E-state index in [1.807, 2.05) is 33.7 Å². The third-order valence-electron chi connectivity index (χ3n) is 4.65. The Kier molecular flexibility index (Phi) is 4.36. The third-order valence-corrected chi connectivity index (χ3v) is 5.20. The Morgan fingerprint density at radius 1 is 1.08 bits per heavy atom. The van der Waals surface area contributed by atoms with Gasteiger partial charge in [-0.3, -0.25) is 9.20 Å². The molecule has 0 saturated carbocycles. The number of hydrogen-bond acceptors (Lipinski definition) is 3. The van der Waals surface area contributed by atoms with Gasteiger partial charge in [-0.1, -0.05) is 29.3 Å². The van der Waals surface area contributed by atoms with Gasteiger partial charge in [0.1, 0.15) is 5.82 Å². The third kappa shape index (κ3) is 3.10. The summed E-state index contributed by atoms with van der Waals surface area (Å²) in [7, 11) is 0. The molecule has 1 aliphatic rings. The lowest BCUT2D eigenvalue weighted by Crippen LogP contribution is -2.38. The van der Waals surface area contributed by atoms with E-state index in [0.717, 1.165) is 24.3 Å². The van der Waals surface area contributed by atoms with E-state index in [1.54, 1.807) is 18.2 Å². The van der Waals surface area contributed by atoms with Crippen LogP contribution in [0.5, 0.6) is 0 Å². The van der Waals surface area contributed by atoms with Crippen LogP contribution < -0.4 is 0 Å². The molecule has 128 valence electrons. The van der Waals surface area contributed by atoms with Gasteiger partial charge in [0.2, 0.25) is 0 Å². The lowest BCUT2D eigenvalue weighted by molar-refractivity contribution is 0.0711. The van der Waals surface area contributed by atoms with Crippen LogP contribution in [0.25, 0.3) is 5.65 Å². The molecule has 25 heavy (non-hydrogen) atoms. The zero-order chi connectivity index (χ0) is 17.4. The van der Waals surface area contributed by atoms with E-state index < -0.39 is 0 Å². The summed E-state index contributed by atoms with van der Waals surface area (Å²) in [6, 6.07) is 10.8. The predicted octanol–water partition coefficient (Wildman–Crippen LogP) is 4.06. The minimum Gasteiger partial charge on any atom is -0.339 e. The van der Waals surface area contributed by atoms with E-state index in [2.05, 4.69) is 10.2 Å². The predicted molar refractivity (Wildman–Crippen MR) is 97.3 cm³/mol. The topological polar surface area (TPSA) is 50.5 Å². The molecule has 3 heterocycles. The van der Waals surface area contributed by atoms with Crippen molar-refractivity contribution in [1.82, 2.24) is 19.5 Å². The lowest BCUT2D eigenvalue weighted by Gasteiger charge is -2.31. The van der Waals surface area contributed by atoms with Crippen molar-refractivity contribution in [2.75, 3.05) is 13.1 Å². The van der Waals surface area contributed by atoms with Gasteiger partial charge in [0.05, 0.1) is 10.6 Å². The number of hydrogen-bond donors (Lipinski definition) is 0. The summed E-state index contributed by atoms with van der Waals surface area (Å²) in [6.07, 6.45) is 3.69. The number of benzene rings is 1. The zero-order valence-corrected chi connectivity index (χ0v) is 14.9. The maximum atomic E-state index is 12.7. The van der Waals surface area contributed by atoms with Crippen molar-refractivity contribution in [2.24, 2.45) is 0 Å². The van der Waals surface area contributed by atoms with Gasteiger partial charge in [0, 0.05) is 30.2 Å². The van der Waals surface area contributed by atoms with Crippen molar-refractivity contribution < 1.29 is 4.79 Å². The summed E-state index contributed by atoms with van der Waals surface area (Å²) in [4.78, 5) is 14.5. The number of likely N-dealkylation sites (tertiary alicyclic amines) is 1. The fraction of sp³-hybridized carbons (Fsp3) is 0.278. The van der Waals surface area contributed by atoms with Gasteiger partial charge in [-0.2, -0.15) is 0 Å². The minimum absolute atomic E-state index is 0.0498. The average molecular weight is 375 g/mol. The van der Waals surface area contributed by atoms with E-state index in [0.29, 0.717) is 34.6 Å². The maximum Gasteiger partial charge on any atom is 0.255 e. The van der Waals surface area contributed by atoms with Crippen molar-refractivity contribution in [1.29, 1.82) is 0 Å². The number of fused-ring (bicyclic) bond motifs is 1. The molecule has 3 aromatic rings. The summed E-state index contributed by atoms with van der Waals surface area (Å²) in [5, 5.41) is 9.48. The number of nitrogens with zero attached hydrogens (tertiary/aromatic N) is 4. The molecule has 0 aliphatic carbocycles. The van der Waals surface area contributed by atoms with Crippen molar-refractivity contribution >= 4 is 34.8 Å². The molecule has 0 bridgehead atoms. The second-order valence-electron chi connectivity index (χ2n) is 6.18.